The Morgan fingerprint density at radius 3 is 2.47 bits per heavy atom. The van der Waals surface area contributed by atoms with Crippen molar-refractivity contribution in [2.75, 3.05) is 5.32 Å². The lowest BCUT2D eigenvalue weighted by Gasteiger charge is -2.16. The van der Waals surface area contributed by atoms with Crippen molar-refractivity contribution in [3.8, 4) is 11.3 Å². The molecule has 10 heteroatoms. The van der Waals surface area contributed by atoms with Gasteiger partial charge in [0.2, 0.25) is 5.91 Å². The van der Waals surface area contributed by atoms with Gasteiger partial charge in [-0.1, -0.05) is 42.1 Å². The molecule has 30 heavy (non-hydrogen) atoms. The second kappa shape index (κ2) is 8.55. The molecule has 3 rings (SSSR count). The minimum atomic E-state index is -4.42. The molecule has 0 spiro atoms. The number of nitrogens with one attached hydrogen (secondary N) is 1. The zero-order valence-corrected chi connectivity index (χ0v) is 17.8. The maximum absolute atomic E-state index is 13.2. The van der Waals surface area contributed by atoms with E-state index in [1.165, 1.54) is 6.20 Å². The molecule has 0 bridgehead atoms. The van der Waals surface area contributed by atoms with E-state index < -0.39 is 18.0 Å². The first kappa shape index (κ1) is 21.9. The number of imidazole rings is 1. The Bertz CT molecular complexity index is 1040. The topological polar surface area (TPSA) is 64.7 Å². The summed E-state index contributed by atoms with van der Waals surface area (Å²) in [6.07, 6.45) is -3.02. The first-order chi connectivity index (χ1) is 14.1. The predicted molar refractivity (Wildman–Crippen MR) is 110 cm³/mol. The van der Waals surface area contributed by atoms with E-state index >= 15 is 0 Å². The molecular weight excluding hydrogens is 415 g/mol. The van der Waals surface area contributed by atoms with Gasteiger partial charge < -0.3 is 9.88 Å². The molecule has 3 aromatic rings. The number of nitrogens with zero attached hydrogens (tertiary/aromatic N) is 4. The van der Waals surface area contributed by atoms with Gasteiger partial charge in [0.25, 0.3) is 0 Å². The van der Waals surface area contributed by atoms with Crippen molar-refractivity contribution in [3.63, 3.8) is 0 Å². The molecule has 2 heterocycles. The molecular formula is C20H22F3N5OS. The quantitative estimate of drug-likeness (QED) is 0.574. The number of amides is 1. The summed E-state index contributed by atoms with van der Waals surface area (Å²) in [5.41, 5.74) is 3.05. The summed E-state index contributed by atoms with van der Waals surface area (Å²) < 4.78 is 42.4. The van der Waals surface area contributed by atoms with Gasteiger partial charge in [0.05, 0.1) is 34.2 Å². The van der Waals surface area contributed by atoms with Crippen LogP contribution in [0.25, 0.3) is 11.3 Å². The van der Waals surface area contributed by atoms with Crippen LogP contribution in [0.2, 0.25) is 0 Å². The molecule has 1 unspecified atom stereocenters. The van der Waals surface area contributed by atoms with E-state index in [1.54, 1.807) is 55.9 Å². The summed E-state index contributed by atoms with van der Waals surface area (Å²) in [6.45, 7) is 4.06. The summed E-state index contributed by atoms with van der Waals surface area (Å²) in [7, 11) is 1.77. The highest BCUT2D eigenvalue weighted by Crippen LogP contribution is 2.32. The zero-order valence-electron chi connectivity index (χ0n) is 17.0. The number of benzene rings is 1. The Kier molecular flexibility index (Phi) is 6.25. The molecule has 0 aliphatic carbocycles. The molecule has 0 fully saturated rings. The minimum absolute atomic E-state index is 0.133. The van der Waals surface area contributed by atoms with Gasteiger partial charge >= 0.3 is 6.18 Å². The predicted octanol–water partition coefficient (Wildman–Crippen LogP) is 4.58. The highest BCUT2D eigenvalue weighted by atomic mass is 32.2. The number of rotatable bonds is 6. The van der Waals surface area contributed by atoms with Crippen LogP contribution < -0.4 is 5.32 Å². The number of alkyl halides is 3. The van der Waals surface area contributed by atoms with Gasteiger partial charge in [0.1, 0.15) is 6.54 Å². The van der Waals surface area contributed by atoms with Crippen molar-refractivity contribution < 1.29 is 18.0 Å². The number of carbonyl (C=O) groups is 1. The smallest absolute Gasteiger partial charge is 0.322 e. The van der Waals surface area contributed by atoms with Crippen molar-refractivity contribution in [2.24, 2.45) is 7.05 Å². The van der Waals surface area contributed by atoms with Gasteiger partial charge in [-0.3, -0.25) is 9.48 Å². The maximum atomic E-state index is 13.2. The highest BCUT2D eigenvalue weighted by molar-refractivity contribution is 8.00. The lowest BCUT2D eigenvalue weighted by Crippen LogP contribution is -2.24. The zero-order chi connectivity index (χ0) is 22.1. The number of thioether (sulfide) groups is 1. The van der Waals surface area contributed by atoms with Crippen molar-refractivity contribution in [2.45, 2.75) is 43.9 Å². The fourth-order valence-corrected chi connectivity index (χ4v) is 3.90. The van der Waals surface area contributed by atoms with Crippen molar-refractivity contribution in [3.05, 3.63) is 47.9 Å². The van der Waals surface area contributed by atoms with Crippen LogP contribution in [0.5, 0.6) is 0 Å². The van der Waals surface area contributed by atoms with Gasteiger partial charge in [0.15, 0.2) is 5.16 Å². The molecule has 1 N–H and O–H groups in total. The Labute approximate surface area is 176 Å². The van der Waals surface area contributed by atoms with Crippen LogP contribution in [0.15, 0.2) is 41.7 Å². The Hall–Kier alpha value is -2.75. The number of aromatic nitrogens is 4. The van der Waals surface area contributed by atoms with E-state index in [0.717, 1.165) is 22.0 Å². The number of anilines is 1. The third-order valence-corrected chi connectivity index (χ3v) is 5.74. The molecule has 0 saturated heterocycles. The molecule has 0 saturated carbocycles. The summed E-state index contributed by atoms with van der Waals surface area (Å²) in [4.78, 5) is 16.9. The number of aryl methyl sites for hydroxylation is 2. The van der Waals surface area contributed by atoms with Gasteiger partial charge in [-0.2, -0.15) is 18.3 Å². The van der Waals surface area contributed by atoms with E-state index in [0.29, 0.717) is 22.6 Å². The molecule has 1 aromatic carbocycles. The second-order valence-corrected chi connectivity index (χ2v) is 8.22. The van der Waals surface area contributed by atoms with Gasteiger partial charge in [-0.15, -0.1) is 0 Å². The second-order valence-electron chi connectivity index (χ2n) is 6.91. The van der Waals surface area contributed by atoms with Crippen LogP contribution in [0.4, 0.5) is 18.9 Å². The van der Waals surface area contributed by atoms with E-state index in [-0.39, 0.29) is 11.1 Å². The highest BCUT2D eigenvalue weighted by Gasteiger charge is 2.31. The SMILES string of the molecule is Cc1nn(C)c(C)c1NC(=O)C(C)Sc1ncc(-c2ccccc2)n1CC(F)(F)F. The Morgan fingerprint density at radius 2 is 1.90 bits per heavy atom. The summed E-state index contributed by atoms with van der Waals surface area (Å²) in [6, 6.07) is 8.74. The average molecular weight is 437 g/mol. The van der Waals surface area contributed by atoms with Gasteiger partial charge in [0, 0.05) is 7.05 Å². The van der Waals surface area contributed by atoms with Gasteiger partial charge in [-0.25, -0.2) is 4.98 Å². The normalized spacial score (nSPS) is 12.8. The van der Waals surface area contributed by atoms with Crippen molar-refractivity contribution in [1.29, 1.82) is 0 Å². The molecule has 0 radical (unpaired) electrons. The fourth-order valence-electron chi connectivity index (χ4n) is 3.02. The number of hydrogen-bond donors (Lipinski definition) is 1. The number of carbonyl (C=O) groups excluding carboxylic acids is 1. The van der Waals surface area contributed by atoms with Crippen LogP contribution in [0.3, 0.4) is 0 Å². The first-order valence-electron chi connectivity index (χ1n) is 9.22. The van der Waals surface area contributed by atoms with Crippen LogP contribution in [0, 0.1) is 13.8 Å². The molecule has 0 aliphatic heterocycles. The van der Waals surface area contributed by atoms with E-state index in [2.05, 4.69) is 15.4 Å². The number of hydrogen-bond acceptors (Lipinski definition) is 4. The largest absolute Gasteiger partial charge is 0.406 e. The van der Waals surface area contributed by atoms with Crippen LogP contribution in [-0.4, -0.2) is 36.7 Å². The van der Waals surface area contributed by atoms with Crippen LogP contribution >= 0.6 is 11.8 Å². The molecule has 1 atom stereocenters. The summed E-state index contributed by atoms with van der Waals surface area (Å²) in [5.74, 6) is -0.331. The van der Waals surface area contributed by atoms with E-state index in [4.69, 9.17) is 0 Å². The Balaban J connectivity index is 1.84. The third kappa shape index (κ3) is 4.86. The monoisotopic (exact) mass is 437 g/mol. The average Bonchev–Trinajstić information content (AvgIpc) is 3.16. The lowest BCUT2D eigenvalue weighted by molar-refractivity contribution is -0.141. The molecule has 6 nitrogen and oxygen atoms in total. The molecule has 0 aliphatic rings. The number of halogens is 3. The summed E-state index contributed by atoms with van der Waals surface area (Å²) >= 11 is 0.985. The Morgan fingerprint density at radius 1 is 1.23 bits per heavy atom. The standard InChI is InChI=1S/C20H22F3N5OS/c1-12-17(13(2)27(4)26-12)25-18(29)14(3)30-19-24-10-16(15-8-6-5-7-9-15)28(19)11-20(21,22)23/h5-10,14H,11H2,1-4H3,(H,25,29). The molecule has 160 valence electrons. The fraction of sp³-hybridized carbons (Fsp3) is 0.350. The maximum Gasteiger partial charge on any atom is 0.406 e. The molecule has 1 amide bonds. The van der Waals surface area contributed by atoms with Crippen LogP contribution in [-0.2, 0) is 18.4 Å². The van der Waals surface area contributed by atoms with E-state index in [1.807, 2.05) is 6.92 Å². The lowest BCUT2D eigenvalue weighted by atomic mass is 10.2. The van der Waals surface area contributed by atoms with Crippen molar-refractivity contribution in [1.82, 2.24) is 19.3 Å². The van der Waals surface area contributed by atoms with Crippen LogP contribution in [0.1, 0.15) is 18.3 Å². The minimum Gasteiger partial charge on any atom is -0.322 e. The van der Waals surface area contributed by atoms with Gasteiger partial charge in [-0.05, 0) is 26.3 Å². The first-order valence-corrected chi connectivity index (χ1v) is 10.1. The molecule has 2 aromatic heterocycles. The summed E-state index contributed by atoms with van der Waals surface area (Å²) in [5, 5.41) is 6.54. The third-order valence-electron chi connectivity index (χ3n) is 4.63. The van der Waals surface area contributed by atoms with E-state index in [9.17, 15) is 18.0 Å². The van der Waals surface area contributed by atoms with Crippen molar-refractivity contribution >= 4 is 23.4 Å².